The van der Waals surface area contributed by atoms with E-state index in [4.69, 9.17) is 15.6 Å². The Morgan fingerprint density at radius 3 is 2.52 bits per heavy atom. The number of aromatic nitrogens is 4. The van der Waals surface area contributed by atoms with Crippen LogP contribution in [0.3, 0.4) is 0 Å². The van der Waals surface area contributed by atoms with Crippen molar-refractivity contribution in [1.29, 1.82) is 0 Å². The number of piperidine rings is 2. The molecule has 3 aliphatic rings. The van der Waals surface area contributed by atoms with Crippen molar-refractivity contribution in [2.45, 2.75) is 50.6 Å². The van der Waals surface area contributed by atoms with Crippen molar-refractivity contribution < 1.29 is 27.9 Å². The third-order valence-electron chi connectivity index (χ3n) is 9.61. The van der Waals surface area contributed by atoms with E-state index in [1.165, 1.54) is 17.3 Å². The van der Waals surface area contributed by atoms with Crippen LogP contribution in [0.2, 0.25) is 0 Å². The molecule has 0 radical (unpaired) electrons. The SMILES string of the molecule is Nc1ncnc2c1c(-c1ccc(Oc3ccccc3)cc1)nn2[C@@H]1CCN(Cc2cc3c(cc2F)C(=O)N(C2CCC(=O)NC2=O)C3)C[C@H]1F. The Balaban J connectivity index is 0.987. The quantitative estimate of drug-likeness (QED) is 0.237. The fraction of sp³-hybridized carbons (Fsp3) is 0.278. The number of ether oxygens (including phenoxy) is 1. The predicted molar refractivity (Wildman–Crippen MR) is 178 cm³/mol. The number of benzene rings is 3. The van der Waals surface area contributed by atoms with E-state index in [1.54, 1.807) is 10.7 Å². The van der Waals surface area contributed by atoms with Crippen LogP contribution in [-0.2, 0) is 22.7 Å². The Morgan fingerprint density at radius 1 is 0.980 bits per heavy atom. The van der Waals surface area contributed by atoms with Gasteiger partial charge in [0.25, 0.3) is 5.91 Å². The van der Waals surface area contributed by atoms with Gasteiger partial charge in [-0.1, -0.05) is 18.2 Å². The number of rotatable bonds is 7. The van der Waals surface area contributed by atoms with E-state index >= 15 is 8.78 Å². The van der Waals surface area contributed by atoms with Crippen molar-refractivity contribution in [3.63, 3.8) is 0 Å². The van der Waals surface area contributed by atoms with Crippen molar-refractivity contribution in [2.75, 3.05) is 18.8 Å². The number of nitrogens with one attached hydrogen (secondary N) is 1. The lowest BCUT2D eigenvalue weighted by molar-refractivity contribution is -0.136. The molecule has 3 amide bonds. The molecule has 3 N–H and O–H groups in total. The number of amides is 3. The van der Waals surface area contributed by atoms with Crippen molar-refractivity contribution in [3.05, 3.63) is 95.6 Å². The van der Waals surface area contributed by atoms with E-state index in [0.29, 0.717) is 52.3 Å². The minimum absolute atomic E-state index is 0.0191. The average molecular weight is 679 g/mol. The van der Waals surface area contributed by atoms with Gasteiger partial charge in [0.2, 0.25) is 11.8 Å². The Morgan fingerprint density at radius 2 is 1.76 bits per heavy atom. The summed E-state index contributed by atoms with van der Waals surface area (Å²) in [6.07, 6.45) is 0.693. The molecule has 3 aliphatic heterocycles. The first-order valence-corrected chi connectivity index (χ1v) is 16.4. The number of fused-ring (bicyclic) bond motifs is 2. The van der Waals surface area contributed by atoms with Gasteiger partial charge in [0.05, 0.1) is 11.4 Å². The molecule has 0 aliphatic carbocycles. The van der Waals surface area contributed by atoms with Gasteiger partial charge in [0.1, 0.15) is 47.4 Å². The van der Waals surface area contributed by atoms with E-state index in [2.05, 4.69) is 15.3 Å². The molecule has 254 valence electrons. The van der Waals surface area contributed by atoms with Crippen LogP contribution in [0, 0.1) is 5.82 Å². The van der Waals surface area contributed by atoms with Crippen LogP contribution in [0.25, 0.3) is 22.3 Å². The molecule has 50 heavy (non-hydrogen) atoms. The highest BCUT2D eigenvalue weighted by molar-refractivity contribution is 6.05. The lowest BCUT2D eigenvalue weighted by atomic mass is 10.0. The lowest BCUT2D eigenvalue weighted by Gasteiger charge is -2.35. The summed E-state index contributed by atoms with van der Waals surface area (Å²) in [6.45, 7) is 0.734. The Labute approximate surface area is 284 Å². The van der Waals surface area contributed by atoms with Gasteiger partial charge < -0.3 is 15.4 Å². The smallest absolute Gasteiger partial charge is 0.255 e. The maximum absolute atomic E-state index is 16.1. The fourth-order valence-electron chi connectivity index (χ4n) is 7.11. The molecule has 2 fully saturated rings. The molecule has 0 saturated carbocycles. The van der Waals surface area contributed by atoms with Gasteiger partial charge in [-0.3, -0.25) is 24.6 Å². The number of hydrogen-bond acceptors (Lipinski definition) is 9. The summed E-state index contributed by atoms with van der Waals surface area (Å²) in [5.74, 6) is -0.350. The van der Waals surface area contributed by atoms with Crippen molar-refractivity contribution in [2.24, 2.45) is 0 Å². The fourth-order valence-corrected chi connectivity index (χ4v) is 7.11. The molecule has 8 rings (SSSR count). The van der Waals surface area contributed by atoms with Gasteiger partial charge in [-0.2, -0.15) is 5.10 Å². The maximum atomic E-state index is 16.1. The zero-order valence-corrected chi connectivity index (χ0v) is 26.8. The second-order valence-corrected chi connectivity index (χ2v) is 12.8. The molecular weight excluding hydrogens is 646 g/mol. The highest BCUT2D eigenvalue weighted by Gasteiger charge is 2.40. The highest BCUT2D eigenvalue weighted by Crippen LogP contribution is 2.37. The topological polar surface area (TPSA) is 149 Å². The normalized spacial score (nSPS) is 21.0. The first kappa shape index (κ1) is 31.5. The van der Waals surface area contributed by atoms with Crippen LogP contribution in [-0.4, -0.2) is 72.6 Å². The van der Waals surface area contributed by atoms with Crippen molar-refractivity contribution >= 4 is 34.6 Å². The van der Waals surface area contributed by atoms with Gasteiger partial charge in [-0.15, -0.1) is 0 Å². The van der Waals surface area contributed by atoms with E-state index in [0.717, 1.165) is 5.56 Å². The van der Waals surface area contributed by atoms with Crippen LogP contribution in [0.5, 0.6) is 11.5 Å². The zero-order chi connectivity index (χ0) is 34.5. The minimum Gasteiger partial charge on any atom is -0.457 e. The summed E-state index contributed by atoms with van der Waals surface area (Å²) >= 11 is 0. The number of nitrogen functional groups attached to an aromatic ring is 1. The molecule has 3 atom stereocenters. The number of para-hydroxylation sites is 1. The number of carbonyl (C=O) groups excluding carboxylic acids is 3. The molecule has 0 spiro atoms. The monoisotopic (exact) mass is 678 g/mol. The van der Waals surface area contributed by atoms with Gasteiger partial charge in [0, 0.05) is 49.3 Å². The van der Waals surface area contributed by atoms with Crippen LogP contribution < -0.4 is 15.8 Å². The first-order chi connectivity index (χ1) is 24.2. The van der Waals surface area contributed by atoms with Crippen LogP contribution >= 0.6 is 0 Å². The third kappa shape index (κ3) is 5.70. The zero-order valence-electron chi connectivity index (χ0n) is 26.8. The molecule has 12 nitrogen and oxygen atoms in total. The molecule has 3 aromatic carbocycles. The summed E-state index contributed by atoms with van der Waals surface area (Å²) < 4.78 is 38.9. The molecule has 2 saturated heterocycles. The van der Waals surface area contributed by atoms with Crippen LogP contribution in [0.1, 0.15) is 46.8 Å². The number of nitrogens with two attached hydrogens (primary N) is 1. The number of alkyl halides is 1. The van der Waals surface area contributed by atoms with E-state index in [-0.39, 0.29) is 49.8 Å². The highest BCUT2D eigenvalue weighted by atomic mass is 19.1. The average Bonchev–Trinajstić information content (AvgIpc) is 3.64. The Bertz CT molecular complexity index is 2140. The molecule has 0 bridgehead atoms. The van der Waals surface area contributed by atoms with Gasteiger partial charge >= 0.3 is 0 Å². The summed E-state index contributed by atoms with van der Waals surface area (Å²) in [5, 5.41) is 7.62. The summed E-state index contributed by atoms with van der Waals surface area (Å²) in [6, 6.07) is 18.2. The number of halogens is 2. The lowest BCUT2D eigenvalue weighted by Crippen LogP contribution is -2.52. The number of likely N-dealkylation sites (tertiary alicyclic amines) is 1. The summed E-state index contributed by atoms with van der Waals surface area (Å²) in [4.78, 5) is 48.9. The standard InChI is InChI=1S/C36H32F2N8O4/c37-26-15-25-21(17-45(36(25)49)29-10-11-30(47)42-35(29)48)14-22(26)16-44-13-12-28(27(38)18-44)46-34-31(33(39)40-19-41-34)32(43-46)20-6-8-24(9-7-20)50-23-4-2-1-3-5-23/h1-9,14-15,19,27-29H,10-13,16-18H2,(H2,39,40,41)(H,42,47,48)/t27-,28-,29?/m1/s1. The summed E-state index contributed by atoms with van der Waals surface area (Å²) in [7, 11) is 0. The predicted octanol–water partition coefficient (Wildman–Crippen LogP) is 4.55. The Hall–Kier alpha value is -5.76. The van der Waals surface area contributed by atoms with Gasteiger partial charge in [-0.05, 0) is 66.9 Å². The summed E-state index contributed by atoms with van der Waals surface area (Å²) in [5.41, 5.74) is 9.12. The molecule has 5 heterocycles. The van der Waals surface area contributed by atoms with Crippen molar-refractivity contribution in [3.8, 4) is 22.8 Å². The number of anilines is 1. The van der Waals surface area contributed by atoms with E-state index in [9.17, 15) is 14.4 Å². The molecular formula is C36H32F2N8O4. The molecule has 1 unspecified atom stereocenters. The van der Waals surface area contributed by atoms with Crippen LogP contribution in [0.15, 0.2) is 73.1 Å². The maximum Gasteiger partial charge on any atom is 0.255 e. The van der Waals surface area contributed by atoms with Gasteiger partial charge in [-0.25, -0.2) is 23.4 Å². The van der Waals surface area contributed by atoms with Gasteiger partial charge in [0.15, 0.2) is 5.65 Å². The molecule has 14 heteroatoms. The van der Waals surface area contributed by atoms with E-state index in [1.807, 2.05) is 59.5 Å². The largest absolute Gasteiger partial charge is 0.457 e. The number of imide groups is 1. The number of nitrogens with zero attached hydrogens (tertiary/aromatic N) is 6. The van der Waals surface area contributed by atoms with Crippen LogP contribution in [0.4, 0.5) is 14.6 Å². The third-order valence-corrected chi connectivity index (χ3v) is 9.61. The Kier molecular flexibility index (Phi) is 7.94. The molecule has 5 aromatic rings. The minimum atomic E-state index is -1.36. The van der Waals surface area contributed by atoms with E-state index < -0.39 is 35.9 Å². The first-order valence-electron chi connectivity index (χ1n) is 16.4. The molecule has 2 aromatic heterocycles. The number of carbonyl (C=O) groups is 3. The number of hydrogen-bond donors (Lipinski definition) is 2. The van der Waals surface area contributed by atoms with Crippen molar-refractivity contribution in [1.82, 2.24) is 34.9 Å². The second-order valence-electron chi connectivity index (χ2n) is 12.8. The second kappa shape index (κ2) is 12.6.